The number of rotatable bonds is 9. The SMILES string of the molecule is N=C(NC(=O)CNCC(=O)CNc1nc(N)c(C(=O)N=C(N)N)nc1Cl)NC(=O)c1nc(Cl)c(N)nc1N. The van der Waals surface area contributed by atoms with Crippen LogP contribution in [0.2, 0.25) is 10.3 Å². The van der Waals surface area contributed by atoms with Crippen LogP contribution in [0.25, 0.3) is 0 Å². The Hall–Kier alpha value is -4.88. The molecule has 2 aromatic rings. The number of hydrogen-bond donors (Lipinski definition) is 10. The maximum Gasteiger partial charge on any atom is 0.302 e. The molecular weight excluding hydrogens is 549 g/mol. The average molecular weight is 570 g/mol. The van der Waals surface area contributed by atoms with E-state index in [1.165, 1.54) is 0 Å². The number of Topliss-reactive ketones (excluding diaryl/α,β-unsaturated/α-hetero) is 1. The minimum absolute atomic E-state index is 0.0894. The van der Waals surface area contributed by atoms with E-state index >= 15 is 0 Å². The molecule has 0 atom stereocenters. The molecule has 0 bridgehead atoms. The highest BCUT2D eigenvalue weighted by Crippen LogP contribution is 2.21. The van der Waals surface area contributed by atoms with Crippen molar-refractivity contribution in [2.45, 2.75) is 0 Å². The first-order valence-corrected chi connectivity index (χ1v) is 10.8. The Morgan fingerprint density at radius 3 is 2.11 bits per heavy atom. The molecule has 0 aliphatic heterocycles. The van der Waals surface area contributed by atoms with E-state index in [-0.39, 0.29) is 52.4 Å². The summed E-state index contributed by atoms with van der Waals surface area (Å²) in [5.41, 5.74) is 26.1. The van der Waals surface area contributed by atoms with E-state index < -0.39 is 47.7 Å². The Morgan fingerprint density at radius 2 is 1.45 bits per heavy atom. The molecule has 0 radical (unpaired) electrons. The Bertz CT molecular complexity index is 1330. The minimum atomic E-state index is -0.965. The minimum Gasteiger partial charge on any atom is -0.382 e. The van der Waals surface area contributed by atoms with Crippen molar-refractivity contribution in [1.82, 2.24) is 35.9 Å². The first-order chi connectivity index (χ1) is 17.8. The molecule has 202 valence electrons. The van der Waals surface area contributed by atoms with Crippen molar-refractivity contribution in [3.8, 4) is 0 Å². The normalized spacial score (nSPS) is 10.3. The highest BCUT2D eigenvalue weighted by molar-refractivity contribution is 6.32. The van der Waals surface area contributed by atoms with Crippen molar-refractivity contribution in [3.05, 3.63) is 21.7 Å². The van der Waals surface area contributed by atoms with Gasteiger partial charge in [0, 0.05) is 0 Å². The maximum atomic E-state index is 12.1. The Labute approximate surface area is 222 Å². The Morgan fingerprint density at radius 1 is 0.816 bits per heavy atom. The summed E-state index contributed by atoms with van der Waals surface area (Å²) in [5.74, 6) is -5.26. The molecule has 0 fully saturated rings. The first-order valence-electron chi connectivity index (χ1n) is 10.00. The molecule has 3 amide bonds. The molecule has 2 heterocycles. The first kappa shape index (κ1) is 29.4. The molecule has 38 heavy (non-hydrogen) atoms. The molecular formula is C17H21Cl2N15O4. The Kier molecular flexibility index (Phi) is 9.96. The van der Waals surface area contributed by atoms with Crippen LogP contribution >= 0.6 is 23.2 Å². The fourth-order valence-corrected chi connectivity index (χ4v) is 2.74. The second kappa shape index (κ2) is 12.9. The number of nitrogens with one attached hydrogen (secondary N) is 5. The molecule has 0 unspecified atom stereocenters. The maximum absolute atomic E-state index is 12.1. The van der Waals surface area contributed by atoms with Gasteiger partial charge in [0.1, 0.15) is 0 Å². The van der Waals surface area contributed by atoms with Crippen molar-refractivity contribution in [1.29, 1.82) is 5.41 Å². The van der Waals surface area contributed by atoms with Crippen LogP contribution in [0.5, 0.6) is 0 Å². The third kappa shape index (κ3) is 8.36. The highest BCUT2D eigenvalue weighted by atomic mass is 35.5. The summed E-state index contributed by atoms with van der Waals surface area (Å²) in [6, 6.07) is 0. The van der Waals surface area contributed by atoms with Gasteiger partial charge in [-0.1, -0.05) is 23.2 Å². The van der Waals surface area contributed by atoms with Crippen LogP contribution in [0.15, 0.2) is 4.99 Å². The fourth-order valence-electron chi connectivity index (χ4n) is 2.42. The number of halogens is 2. The van der Waals surface area contributed by atoms with Crippen LogP contribution in [0.4, 0.5) is 23.3 Å². The third-order valence-corrected chi connectivity index (χ3v) is 4.54. The number of nitrogen functional groups attached to an aromatic ring is 3. The lowest BCUT2D eigenvalue weighted by Gasteiger charge is -2.11. The van der Waals surface area contributed by atoms with Gasteiger partial charge in [-0.3, -0.25) is 35.2 Å². The number of aromatic nitrogens is 4. The van der Waals surface area contributed by atoms with Crippen LogP contribution in [-0.2, 0) is 9.59 Å². The number of carbonyl (C=O) groups excluding carboxylic acids is 4. The summed E-state index contributed by atoms with van der Waals surface area (Å²) in [5, 5.41) is 16.4. The predicted molar refractivity (Wildman–Crippen MR) is 137 cm³/mol. The van der Waals surface area contributed by atoms with Crippen LogP contribution in [0, 0.1) is 5.41 Å². The highest BCUT2D eigenvalue weighted by Gasteiger charge is 2.19. The van der Waals surface area contributed by atoms with Crippen molar-refractivity contribution < 1.29 is 19.2 Å². The van der Waals surface area contributed by atoms with Crippen LogP contribution in [0.3, 0.4) is 0 Å². The molecule has 15 N–H and O–H groups in total. The monoisotopic (exact) mass is 569 g/mol. The smallest absolute Gasteiger partial charge is 0.302 e. The average Bonchev–Trinajstić information content (AvgIpc) is 2.80. The fraction of sp³-hybridized carbons (Fsp3) is 0.176. The molecule has 0 aromatic carbocycles. The summed E-state index contributed by atoms with van der Waals surface area (Å²) < 4.78 is 0. The van der Waals surface area contributed by atoms with Crippen molar-refractivity contribution in [3.63, 3.8) is 0 Å². The van der Waals surface area contributed by atoms with Gasteiger partial charge >= 0.3 is 5.91 Å². The van der Waals surface area contributed by atoms with E-state index in [0.29, 0.717) is 0 Å². The molecule has 2 aromatic heterocycles. The van der Waals surface area contributed by atoms with Gasteiger partial charge in [-0.2, -0.15) is 4.99 Å². The number of carbonyl (C=O) groups is 4. The summed E-state index contributed by atoms with van der Waals surface area (Å²) >= 11 is 11.6. The summed E-state index contributed by atoms with van der Waals surface area (Å²) in [7, 11) is 0. The van der Waals surface area contributed by atoms with Gasteiger partial charge in [0.05, 0.1) is 19.6 Å². The summed E-state index contributed by atoms with van der Waals surface area (Å²) in [6.07, 6.45) is 0. The standard InChI is InChI=1S/C17H21Cl2N15O4/c18-8-12(22)31-10(20)6(29-8)15(38)34-17(25)28-5(36)3-26-1-4(35)2-27-13-9(19)30-7(11(21)32-13)14(37)33-16(23)24/h26H,1-3H2,(H4,20,22,31)(H3,21,27,32)(H4,23,24,33,37)(H3,25,28,34,36,38). The van der Waals surface area contributed by atoms with E-state index in [1.54, 1.807) is 0 Å². The van der Waals surface area contributed by atoms with Gasteiger partial charge in [0.2, 0.25) is 11.9 Å². The van der Waals surface area contributed by atoms with Crippen molar-refractivity contribution >= 4 is 81.9 Å². The lowest BCUT2D eigenvalue weighted by atomic mass is 10.3. The predicted octanol–water partition coefficient (Wildman–Crippen LogP) is -3.21. The van der Waals surface area contributed by atoms with Crippen LogP contribution in [-0.4, -0.2) is 75.0 Å². The lowest BCUT2D eigenvalue weighted by Crippen LogP contribution is -2.47. The number of ketones is 1. The molecule has 19 nitrogen and oxygen atoms in total. The molecule has 0 aliphatic carbocycles. The number of nitrogens with zero attached hydrogens (tertiary/aromatic N) is 5. The molecule has 0 aliphatic rings. The van der Waals surface area contributed by atoms with E-state index in [1.807, 2.05) is 5.32 Å². The Balaban J connectivity index is 1.79. The molecule has 0 spiro atoms. The van der Waals surface area contributed by atoms with Gasteiger partial charge in [0.15, 0.2) is 56.7 Å². The van der Waals surface area contributed by atoms with E-state index in [4.69, 9.17) is 57.3 Å². The number of nitrogens with two attached hydrogens (primary N) is 5. The van der Waals surface area contributed by atoms with E-state index in [2.05, 4.69) is 40.9 Å². The van der Waals surface area contributed by atoms with Gasteiger partial charge in [-0.25, -0.2) is 19.9 Å². The summed E-state index contributed by atoms with van der Waals surface area (Å²) in [4.78, 5) is 66.2. The van der Waals surface area contributed by atoms with E-state index in [9.17, 15) is 19.2 Å². The van der Waals surface area contributed by atoms with Crippen LogP contribution < -0.4 is 49.9 Å². The van der Waals surface area contributed by atoms with Crippen molar-refractivity contribution in [2.24, 2.45) is 16.5 Å². The van der Waals surface area contributed by atoms with Gasteiger partial charge < -0.3 is 39.3 Å². The van der Waals surface area contributed by atoms with E-state index in [0.717, 1.165) is 0 Å². The van der Waals surface area contributed by atoms with Gasteiger partial charge in [0.25, 0.3) is 5.91 Å². The number of aliphatic imine (C=N–C) groups is 1. The van der Waals surface area contributed by atoms with Crippen molar-refractivity contribution in [2.75, 3.05) is 42.2 Å². The molecule has 2 rings (SSSR count). The van der Waals surface area contributed by atoms with Gasteiger partial charge in [-0.15, -0.1) is 0 Å². The largest absolute Gasteiger partial charge is 0.382 e. The summed E-state index contributed by atoms with van der Waals surface area (Å²) in [6.45, 7) is -0.978. The third-order valence-electron chi connectivity index (χ3n) is 4.00. The number of amides is 3. The molecule has 0 saturated carbocycles. The second-order valence-corrected chi connectivity index (χ2v) is 7.66. The van der Waals surface area contributed by atoms with Gasteiger partial charge in [-0.05, 0) is 0 Å². The topological polar surface area (TPSA) is 334 Å². The number of guanidine groups is 2. The number of anilines is 4. The quantitative estimate of drug-likeness (QED) is 0.105. The molecule has 0 saturated heterocycles. The molecule has 21 heteroatoms. The zero-order valence-corrected chi connectivity index (χ0v) is 20.6. The zero-order valence-electron chi connectivity index (χ0n) is 19.1. The zero-order chi connectivity index (χ0) is 28.6. The number of hydrogen-bond acceptors (Lipinski definition) is 14. The lowest BCUT2D eigenvalue weighted by molar-refractivity contribution is -0.119. The second-order valence-electron chi connectivity index (χ2n) is 6.95. The van der Waals surface area contributed by atoms with Crippen LogP contribution in [0.1, 0.15) is 21.0 Å².